The predicted octanol–water partition coefficient (Wildman–Crippen LogP) is 3.04. The van der Waals surface area contributed by atoms with Gasteiger partial charge in [0.1, 0.15) is 5.82 Å². The Balaban J connectivity index is 2.33. The van der Waals surface area contributed by atoms with Crippen molar-refractivity contribution in [2.24, 2.45) is 0 Å². The lowest BCUT2D eigenvalue weighted by atomic mass is 10.1. The first kappa shape index (κ1) is 13.9. The largest absolute Gasteiger partial charge is 0.399 e. The molecule has 1 aromatic heterocycles. The van der Waals surface area contributed by atoms with Crippen LogP contribution in [0.5, 0.6) is 0 Å². The number of pyridine rings is 1. The highest BCUT2D eigenvalue weighted by molar-refractivity contribution is 5.49. The lowest BCUT2D eigenvalue weighted by Crippen LogP contribution is -2.23. The van der Waals surface area contributed by atoms with Gasteiger partial charge in [-0.2, -0.15) is 5.26 Å². The van der Waals surface area contributed by atoms with Crippen LogP contribution < -0.4 is 10.6 Å². The summed E-state index contributed by atoms with van der Waals surface area (Å²) in [6, 6.07) is 13.7. The Kier molecular flexibility index (Phi) is 3.90. The first-order valence-electron chi connectivity index (χ1n) is 6.48. The Hall–Kier alpha value is -2.54. The summed E-state index contributed by atoms with van der Waals surface area (Å²) < 4.78 is 0. The van der Waals surface area contributed by atoms with Crippen molar-refractivity contribution in [1.29, 1.82) is 5.26 Å². The molecule has 1 heterocycles. The fourth-order valence-corrected chi connectivity index (χ4v) is 2.14. The molecule has 0 bridgehead atoms. The summed E-state index contributed by atoms with van der Waals surface area (Å²) in [7, 11) is 1.97. The van der Waals surface area contributed by atoms with Gasteiger partial charge in [-0.3, -0.25) is 0 Å². The number of nitrogens with two attached hydrogens (primary N) is 1. The highest BCUT2D eigenvalue weighted by Crippen LogP contribution is 2.25. The maximum atomic E-state index is 9.05. The number of rotatable bonds is 3. The summed E-state index contributed by atoms with van der Waals surface area (Å²) >= 11 is 0. The van der Waals surface area contributed by atoms with Crippen LogP contribution in [-0.4, -0.2) is 12.0 Å². The third-order valence-corrected chi connectivity index (χ3v) is 3.40. The molecular weight excluding hydrogens is 248 g/mol. The second-order valence-corrected chi connectivity index (χ2v) is 4.92. The first-order valence-corrected chi connectivity index (χ1v) is 6.48. The molecule has 2 N–H and O–H groups in total. The molecule has 2 aromatic rings. The quantitative estimate of drug-likeness (QED) is 0.867. The monoisotopic (exact) mass is 266 g/mol. The second kappa shape index (κ2) is 5.62. The van der Waals surface area contributed by atoms with Gasteiger partial charge in [-0.25, -0.2) is 4.98 Å². The van der Waals surface area contributed by atoms with Crippen LogP contribution >= 0.6 is 0 Å². The average Bonchev–Trinajstić information content (AvgIpc) is 2.45. The van der Waals surface area contributed by atoms with Crippen molar-refractivity contribution >= 4 is 11.5 Å². The van der Waals surface area contributed by atoms with Gasteiger partial charge in [0.25, 0.3) is 0 Å². The molecule has 0 fully saturated rings. The van der Waals surface area contributed by atoms with Crippen molar-refractivity contribution in [2.75, 3.05) is 17.7 Å². The van der Waals surface area contributed by atoms with Gasteiger partial charge < -0.3 is 10.6 Å². The Morgan fingerprint density at radius 2 is 2.05 bits per heavy atom. The van der Waals surface area contributed by atoms with Crippen LogP contribution in [0.15, 0.2) is 36.4 Å². The van der Waals surface area contributed by atoms with Crippen molar-refractivity contribution in [3.63, 3.8) is 0 Å². The molecule has 1 atom stereocenters. The van der Waals surface area contributed by atoms with E-state index in [0.29, 0.717) is 5.56 Å². The zero-order chi connectivity index (χ0) is 14.7. The molecule has 0 radical (unpaired) electrons. The molecule has 0 saturated heterocycles. The van der Waals surface area contributed by atoms with E-state index >= 15 is 0 Å². The van der Waals surface area contributed by atoms with Crippen LogP contribution in [0.25, 0.3) is 0 Å². The lowest BCUT2D eigenvalue weighted by molar-refractivity contribution is 0.727. The van der Waals surface area contributed by atoms with Crippen LogP contribution in [0.1, 0.15) is 29.8 Å². The summed E-state index contributed by atoms with van der Waals surface area (Å²) in [4.78, 5) is 6.54. The van der Waals surface area contributed by atoms with Gasteiger partial charge in [0.05, 0.1) is 17.7 Å². The number of aryl methyl sites for hydroxylation is 1. The SMILES string of the molecule is Cc1cc(C#N)cc(N(C)C(C)c2cccc(N)c2)n1. The molecule has 20 heavy (non-hydrogen) atoms. The molecule has 0 saturated carbocycles. The smallest absolute Gasteiger partial charge is 0.130 e. The van der Waals surface area contributed by atoms with Crippen molar-refractivity contribution in [3.05, 3.63) is 53.2 Å². The zero-order valence-corrected chi connectivity index (χ0v) is 12.0. The molecule has 102 valence electrons. The number of nitriles is 1. The fraction of sp³-hybridized carbons (Fsp3) is 0.250. The zero-order valence-electron chi connectivity index (χ0n) is 12.0. The van der Waals surface area contributed by atoms with Crippen LogP contribution in [0.3, 0.4) is 0 Å². The van der Waals surface area contributed by atoms with E-state index < -0.39 is 0 Å². The molecule has 1 aromatic carbocycles. The van der Waals surface area contributed by atoms with E-state index in [9.17, 15) is 0 Å². The molecule has 1 unspecified atom stereocenters. The van der Waals surface area contributed by atoms with Crippen LogP contribution in [0.4, 0.5) is 11.5 Å². The molecule has 0 spiro atoms. The minimum atomic E-state index is 0.124. The van der Waals surface area contributed by atoms with E-state index in [4.69, 9.17) is 11.0 Å². The fourth-order valence-electron chi connectivity index (χ4n) is 2.14. The van der Waals surface area contributed by atoms with Crippen molar-refractivity contribution < 1.29 is 0 Å². The van der Waals surface area contributed by atoms with E-state index in [1.807, 2.05) is 43.1 Å². The lowest BCUT2D eigenvalue weighted by Gasteiger charge is -2.27. The molecule has 0 amide bonds. The molecule has 0 aliphatic rings. The molecule has 2 rings (SSSR count). The van der Waals surface area contributed by atoms with Gasteiger partial charge >= 0.3 is 0 Å². The van der Waals surface area contributed by atoms with Gasteiger partial charge in [0.15, 0.2) is 0 Å². The van der Waals surface area contributed by atoms with Crippen LogP contribution in [-0.2, 0) is 0 Å². The topological polar surface area (TPSA) is 65.9 Å². The number of benzene rings is 1. The summed E-state index contributed by atoms with van der Waals surface area (Å²) in [5.74, 6) is 0.788. The number of nitrogens with zero attached hydrogens (tertiary/aromatic N) is 3. The van der Waals surface area contributed by atoms with Gasteiger partial charge in [-0.1, -0.05) is 12.1 Å². The maximum absolute atomic E-state index is 9.05. The second-order valence-electron chi connectivity index (χ2n) is 4.92. The number of hydrogen-bond donors (Lipinski definition) is 1. The van der Waals surface area contributed by atoms with Gasteiger partial charge in [0, 0.05) is 18.4 Å². The molecular formula is C16H18N4. The number of aromatic nitrogens is 1. The summed E-state index contributed by atoms with van der Waals surface area (Å²) in [5.41, 5.74) is 9.16. The summed E-state index contributed by atoms with van der Waals surface area (Å²) in [5, 5.41) is 9.05. The van der Waals surface area contributed by atoms with Crippen LogP contribution in [0, 0.1) is 18.3 Å². The predicted molar refractivity (Wildman–Crippen MR) is 81.4 cm³/mol. The van der Waals surface area contributed by atoms with Gasteiger partial charge in [-0.05, 0) is 43.7 Å². The molecule has 4 nitrogen and oxygen atoms in total. The Morgan fingerprint density at radius 1 is 1.30 bits per heavy atom. The van der Waals surface area contributed by atoms with Gasteiger partial charge in [0.2, 0.25) is 0 Å². The number of nitrogen functional groups attached to an aromatic ring is 1. The number of hydrogen-bond acceptors (Lipinski definition) is 4. The highest BCUT2D eigenvalue weighted by atomic mass is 15.2. The Bertz CT molecular complexity index is 658. The molecule has 4 heteroatoms. The summed E-state index contributed by atoms with van der Waals surface area (Å²) in [6.45, 7) is 3.98. The van der Waals surface area contributed by atoms with Crippen molar-refractivity contribution in [1.82, 2.24) is 4.98 Å². The van der Waals surface area contributed by atoms with E-state index in [1.165, 1.54) is 0 Å². The molecule has 0 aliphatic heterocycles. The van der Waals surface area contributed by atoms with E-state index in [1.54, 1.807) is 12.1 Å². The van der Waals surface area contributed by atoms with E-state index in [2.05, 4.69) is 18.0 Å². The third-order valence-electron chi connectivity index (χ3n) is 3.40. The molecule has 0 aliphatic carbocycles. The van der Waals surface area contributed by atoms with Crippen molar-refractivity contribution in [2.45, 2.75) is 19.9 Å². The highest BCUT2D eigenvalue weighted by Gasteiger charge is 2.14. The minimum absolute atomic E-state index is 0.124. The third kappa shape index (κ3) is 2.89. The maximum Gasteiger partial charge on any atom is 0.130 e. The van der Waals surface area contributed by atoms with Gasteiger partial charge in [-0.15, -0.1) is 0 Å². The minimum Gasteiger partial charge on any atom is -0.399 e. The van der Waals surface area contributed by atoms with Crippen molar-refractivity contribution in [3.8, 4) is 6.07 Å². The summed E-state index contributed by atoms with van der Waals surface area (Å²) in [6.07, 6.45) is 0. The first-order chi connectivity index (χ1) is 9.51. The Labute approximate surface area is 119 Å². The standard InChI is InChI=1S/C16H18N4/c1-11-7-13(10-17)8-16(19-11)20(3)12(2)14-5-4-6-15(18)9-14/h4-9,12H,18H2,1-3H3. The normalized spacial score (nSPS) is 11.7. The number of anilines is 2. The Morgan fingerprint density at radius 3 is 2.70 bits per heavy atom. The van der Waals surface area contributed by atoms with Crippen LogP contribution in [0.2, 0.25) is 0 Å². The van der Waals surface area contributed by atoms with E-state index in [-0.39, 0.29) is 6.04 Å². The average molecular weight is 266 g/mol. The van der Waals surface area contributed by atoms with E-state index in [0.717, 1.165) is 22.8 Å².